The Labute approximate surface area is 268 Å². The fourth-order valence-electron chi connectivity index (χ4n) is 8.23. The number of hydrogen-bond acceptors (Lipinski definition) is 7. The standard InChI is InChI=1S/C36H40N8O2/c1-21-12-27(9-11-38-21)41-16-23(17-41)19-44-33-28(13-26(15-31(33)46-2)36(45)43-20-25-7-8-29(43)32(25)37)40-35(44)30-14-24-4-3-10-39-34(24)42(30)18-22-5-6-22/h3-4,9-15,22-23,25,29,32H,5-8,16-20,37H2,1-2H3/t25?,29?,32-/m1/s1. The molecule has 2 aliphatic heterocycles. The molecule has 2 unspecified atom stereocenters. The molecule has 236 valence electrons. The fourth-order valence-corrected chi connectivity index (χ4v) is 8.23. The predicted octanol–water partition coefficient (Wildman–Crippen LogP) is 4.87. The molecule has 2 N–H and O–H groups in total. The molecule has 2 saturated carbocycles. The Bertz CT molecular complexity index is 1990. The third-order valence-electron chi connectivity index (χ3n) is 10.9. The van der Waals surface area contributed by atoms with Gasteiger partial charge in [-0.2, -0.15) is 0 Å². The molecule has 10 nitrogen and oxygen atoms in total. The first-order valence-corrected chi connectivity index (χ1v) is 16.7. The van der Waals surface area contributed by atoms with Gasteiger partial charge in [0.05, 0.1) is 18.3 Å². The Morgan fingerprint density at radius 2 is 1.80 bits per heavy atom. The SMILES string of the molecule is COc1cc(C(=O)N2CC3CCC2[C@@H]3N)cc2nc(-c3cc4cccnc4n3CC3CC3)n(CC3CN(c4ccnc(C)c4)C3)c12. The summed E-state index contributed by atoms with van der Waals surface area (Å²) in [4.78, 5) is 32.8. The fraction of sp³-hybridized carbons (Fsp3) is 0.444. The summed E-state index contributed by atoms with van der Waals surface area (Å²) in [6.45, 7) is 6.38. The van der Waals surface area contributed by atoms with Gasteiger partial charge in [-0.25, -0.2) is 9.97 Å². The Kier molecular flexibility index (Phi) is 6.39. The van der Waals surface area contributed by atoms with Crippen molar-refractivity contribution >= 4 is 33.7 Å². The van der Waals surface area contributed by atoms with Crippen LogP contribution in [0.2, 0.25) is 0 Å². The molecule has 2 saturated heterocycles. The number of nitrogens with two attached hydrogens (primary N) is 1. The number of amides is 1. The summed E-state index contributed by atoms with van der Waals surface area (Å²) < 4.78 is 10.8. The van der Waals surface area contributed by atoms with E-state index in [4.69, 9.17) is 20.4 Å². The molecule has 6 heterocycles. The van der Waals surface area contributed by atoms with Gasteiger partial charge in [0.25, 0.3) is 5.91 Å². The number of benzene rings is 1. The highest BCUT2D eigenvalue weighted by Gasteiger charge is 2.47. The molecule has 4 aromatic heterocycles. The van der Waals surface area contributed by atoms with Gasteiger partial charge < -0.3 is 29.4 Å². The Balaban J connectivity index is 1.14. The number of nitrogens with zero attached hydrogens (tertiary/aromatic N) is 7. The highest BCUT2D eigenvalue weighted by molar-refractivity contribution is 6.00. The van der Waals surface area contributed by atoms with Gasteiger partial charge in [-0.15, -0.1) is 0 Å². The number of methoxy groups -OCH3 is 1. The number of carbonyl (C=O) groups is 1. The van der Waals surface area contributed by atoms with Crippen LogP contribution in [0.3, 0.4) is 0 Å². The lowest BCUT2D eigenvalue weighted by Gasteiger charge is -2.41. The van der Waals surface area contributed by atoms with Gasteiger partial charge in [0, 0.05) is 85.5 Å². The number of rotatable bonds is 8. The predicted molar refractivity (Wildman–Crippen MR) is 178 cm³/mol. The number of fused-ring (bicyclic) bond motifs is 4. The van der Waals surface area contributed by atoms with Gasteiger partial charge in [-0.3, -0.25) is 9.78 Å². The van der Waals surface area contributed by atoms with E-state index in [-0.39, 0.29) is 18.0 Å². The van der Waals surface area contributed by atoms with Crippen molar-refractivity contribution in [2.24, 2.45) is 23.5 Å². The van der Waals surface area contributed by atoms with Crippen molar-refractivity contribution in [3.63, 3.8) is 0 Å². The van der Waals surface area contributed by atoms with Gasteiger partial charge in [0.1, 0.15) is 16.9 Å². The van der Waals surface area contributed by atoms with Gasteiger partial charge in [0.2, 0.25) is 0 Å². The van der Waals surface area contributed by atoms with Crippen molar-refractivity contribution in [1.29, 1.82) is 0 Å². The van der Waals surface area contributed by atoms with Crippen LogP contribution >= 0.6 is 0 Å². The zero-order valence-electron chi connectivity index (χ0n) is 26.5. The number of aromatic nitrogens is 5. The summed E-state index contributed by atoms with van der Waals surface area (Å²) >= 11 is 0. The van der Waals surface area contributed by atoms with E-state index in [1.54, 1.807) is 7.11 Å². The van der Waals surface area contributed by atoms with Crippen molar-refractivity contribution in [3.05, 3.63) is 66.1 Å². The summed E-state index contributed by atoms with van der Waals surface area (Å²) in [6, 6.07) is 14.7. The van der Waals surface area contributed by atoms with Gasteiger partial charge in [0.15, 0.2) is 5.82 Å². The topological polar surface area (TPSA) is 107 Å². The van der Waals surface area contributed by atoms with Crippen molar-refractivity contribution in [2.75, 3.05) is 31.6 Å². The van der Waals surface area contributed by atoms with Crippen molar-refractivity contribution < 1.29 is 9.53 Å². The first-order chi connectivity index (χ1) is 22.4. The summed E-state index contributed by atoms with van der Waals surface area (Å²) in [6.07, 6.45) is 8.34. The van der Waals surface area contributed by atoms with E-state index in [0.29, 0.717) is 29.1 Å². The summed E-state index contributed by atoms with van der Waals surface area (Å²) in [5.74, 6) is 3.09. The molecule has 46 heavy (non-hydrogen) atoms. The van der Waals surface area contributed by atoms with Crippen LogP contribution < -0.4 is 15.4 Å². The molecule has 4 aliphatic rings. The molecule has 9 rings (SSSR count). The van der Waals surface area contributed by atoms with Gasteiger partial charge in [-0.1, -0.05) is 0 Å². The minimum Gasteiger partial charge on any atom is -0.494 e. The Morgan fingerprint density at radius 1 is 0.957 bits per heavy atom. The summed E-state index contributed by atoms with van der Waals surface area (Å²) in [5.41, 5.74) is 13.1. The minimum atomic E-state index is 0.0216. The highest BCUT2D eigenvalue weighted by Crippen LogP contribution is 2.41. The molecule has 5 aromatic rings. The van der Waals surface area contributed by atoms with E-state index in [0.717, 1.165) is 84.8 Å². The summed E-state index contributed by atoms with van der Waals surface area (Å²) in [5, 5.41) is 1.11. The van der Waals surface area contributed by atoms with E-state index in [1.807, 2.05) is 42.4 Å². The zero-order valence-corrected chi connectivity index (χ0v) is 26.5. The number of carbonyl (C=O) groups excluding carboxylic acids is 1. The normalized spacial score (nSPS) is 22.7. The lowest BCUT2D eigenvalue weighted by atomic mass is 9.98. The maximum absolute atomic E-state index is 13.9. The van der Waals surface area contributed by atoms with Crippen LogP contribution in [0.15, 0.2) is 54.9 Å². The van der Waals surface area contributed by atoms with Crippen molar-refractivity contribution in [2.45, 2.75) is 57.8 Å². The molecule has 1 amide bonds. The number of imidazole rings is 1. The lowest BCUT2D eigenvalue weighted by Crippen LogP contribution is -2.48. The molecule has 4 fully saturated rings. The van der Waals surface area contributed by atoms with Gasteiger partial charge >= 0.3 is 0 Å². The van der Waals surface area contributed by atoms with Crippen LogP contribution in [0.4, 0.5) is 5.69 Å². The lowest BCUT2D eigenvalue weighted by molar-refractivity contribution is 0.0700. The van der Waals surface area contributed by atoms with E-state index >= 15 is 0 Å². The summed E-state index contributed by atoms with van der Waals surface area (Å²) in [7, 11) is 1.69. The molecule has 0 spiro atoms. The largest absolute Gasteiger partial charge is 0.494 e. The second kappa shape index (κ2) is 10.6. The second-order valence-corrected chi connectivity index (χ2v) is 14.0. The van der Waals surface area contributed by atoms with E-state index < -0.39 is 0 Å². The average molecular weight is 617 g/mol. The van der Waals surface area contributed by atoms with Crippen LogP contribution in [0.5, 0.6) is 5.75 Å². The van der Waals surface area contributed by atoms with E-state index in [1.165, 1.54) is 18.5 Å². The first kappa shape index (κ1) is 27.8. The third-order valence-corrected chi connectivity index (χ3v) is 10.9. The molecule has 0 radical (unpaired) electrons. The monoisotopic (exact) mass is 616 g/mol. The number of hydrogen-bond donors (Lipinski definition) is 1. The quantitative estimate of drug-likeness (QED) is 0.265. The average Bonchev–Trinajstić information content (AvgIpc) is 3.40. The maximum atomic E-state index is 13.9. The first-order valence-electron chi connectivity index (χ1n) is 16.7. The number of anilines is 1. The van der Waals surface area contributed by atoms with Crippen LogP contribution in [0.25, 0.3) is 33.6 Å². The van der Waals surface area contributed by atoms with E-state index in [9.17, 15) is 4.79 Å². The Morgan fingerprint density at radius 3 is 2.54 bits per heavy atom. The molecule has 3 atom stereocenters. The van der Waals surface area contributed by atoms with E-state index in [2.05, 4.69) is 43.3 Å². The molecular weight excluding hydrogens is 576 g/mol. The van der Waals surface area contributed by atoms with Crippen molar-refractivity contribution in [1.82, 2.24) is 29.0 Å². The van der Waals surface area contributed by atoms with Crippen LogP contribution in [0.1, 0.15) is 41.7 Å². The number of piperidine rings is 1. The third kappa shape index (κ3) is 4.48. The number of likely N-dealkylation sites (tertiary alicyclic amines) is 1. The minimum absolute atomic E-state index is 0.0216. The van der Waals surface area contributed by atoms with Crippen LogP contribution in [0, 0.1) is 24.7 Å². The number of aryl methyl sites for hydroxylation is 1. The van der Waals surface area contributed by atoms with Gasteiger partial charge in [-0.05, 0) is 86.9 Å². The highest BCUT2D eigenvalue weighted by atomic mass is 16.5. The number of ether oxygens (including phenoxy) is 1. The molecule has 10 heteroatoms. The Hall–Kier alpha value is -4.44. The maximum Gasteiger partial charge on any atom is 0.254 e. The van der Waals surface area contributed by atoms with Crippen LogP contribution in [-0.2, 0) is 13.1 Å². The molecule has 1 aromatic carbocycles. The smallest absolute Gasteiger partial charge is 0.254 e. The molecule has 2 aliphatic carbocycles. The molecular formula is C36H40N8O2. The number of pyridine rings is 2. The van der Waals surface area contributed by atoms with Crippen LogP contribution in [-0.4, -0.2) is 73.7 Å². The second-order valence-electron chi connectivity index (χ2n) is 14.0. The molecule has 2 bridgehead atoms. The zero-order chi connectivity index (χ0) is 31.1. The van der Waals surface area contributed by atoms with Crippen molar-refractivity contribution in [3.8, 4) is 17.3 Å².